The van der Waals surface area contributed by atoms with Gasteiger partial charge in [0.05, 0.1) is 11.1 Å². The fraction of sp³-hybridized carbons (Fsp3) is 0.556. The van der Waals surface area contributed by atoms with Gasteiger partial charge in [-0.3, -0.25) is 4.79 Å². The second-order valence-corrected chi connectivity index (χ2v) is 4.27. The summed E-state index contributed by atoms with van der Waals surface area (Å²) in [7, 11) is 0. The number of carbonyl (C=O) groups excluding carboxylic acids is 1. The van der Waals surface area contributed by atoms with Gasteiger partial charge in [-0.1, -0.05) is 11.3 Å². The molecule has 2 heterocycles. The van der Waals surface area contributed by atoms with Crippen LogP contribution in [0.25, 0.3) is 0 Å². The molecule has 0 radical (unpaired) electrons. The Kier molecular flexibility index (Phi) is 2.31. The average Bonchev–Trinajstić information content (AvgIpc) is 2.75. The van der Waals surface area contributed by atoms with Crippen LogP contribution in [-0.4, -0.2) is 23.9 Å². The van der Waals surface area contributed by atoms with Crippen LogP contribution in [0.4, 0.5) is 5.13 Å². The van der Waals surface area contributed by atoms with E-state index in [0.717, 1.165) is 23.1 Å². The van der Waals surface area contributed by atoms with Crippen LogP contribution in [0.3, 0.4) is 0 Å². The molecule has 0 amide bonds. The van der Waals surface area contributed by atoms with Gasteiger partial charge in [-0.15, -0.1) is 0 Å². The summed E-state index contributed by atoms with van der Waals surface area (Å²) in [4.78, 5) is 18.3. The van der Waals surface area contributed by atoms with Crippen LogP contribution in [0, 0.1) is 0 Å². The Balaban J connectivity index is 2.16. The lowest BCUT2D eigenvalue weighted by molar-refractivity contribution is 0.102. The minimum Gasteiger partial charge on any atom is -0.348 e. The van der Waals surface area contributed by atoms with Crippen LogP contribution < -0.4 is 4.90 Å². The van der Waals surface area contributed by atoms with E-state index in [0.29, 0.717) is 0 Å². The first-order valence-electron chi connectivity index (χ1n) is 4.49. The van der Waals surface area contributed by atoms with E-state index in [1.807, 2.05) is 0 Å². The van der Waals surface area contributed by atoms with E-state index in [4.69, 9.17) is 0 Å². The van der Waals surface area contributed by atoms with Crippen molar-refractivity contribution in [3.05, 3.63) is 11.1 Å². The minimum atomic E-state index is 0.114. The third-order valence-electron chi connectivity index (χ3n) is 2.22. The number of Topliss-reactive ketones (excluding diaryl/α,β-unsaturated/α-hetero) is 1. The molecule has 1 aromatic rings. The van der Waals surface area contributed by atoms with Crippen molar-refractivity contribution in [1.29, 1.82) is 0 Å². The minimum absolute atomic E-state index is 0.114. The van der Waals surface area contributed by atoms with E-state index in [1.165, 1.54) is 24.2 Å². The molecular weight excluding hydrogens is 184 g/mol. The number of ketones is 1. The van der Waals surface area contributed by atoms with Crippen LogP contribution in [0.5, 0.6) is 0 Å². The number of anilines is 1. The number of nitrogens with zero attached hydrogens (tertiary/aromatic N) is 2. The molecule has 0 aromatic carbocycles. The highest BCUT2D eigenvalue weighted by Gasteiger charge is 2.16. The summed E-state index contributed by atoms with van der Waals surface area (Å²) in [5.41, 5.74) is 0. The third kappa shape index (κ3) is 1.72. The fourth-order valence-corrected chi connectivity index (χ4v) is 2.35. The second kappa shape index (κ2) is 3.46. The first-order valence-corrected chi connectivity index (χ1v) is 5.31. The topological polar surface area (TPSA) is 33.2 Å². The van der Waals surface area contributed by atoms with Gasteiger partial charge in [0.15, 0.2) is 10.9 Å². The molecule has 4 heteroatoms. The van der Waals surface area contributed by atoms with Crippen LogP contribution in [0.1, 0.15) is 29.4 Å². The predicted molar refractivity (Wildman–Crippen MR) is 53.6 cm³/mol. The van der Waals surface area contributed by atoms with Crippen molar-refractivity contribution < 1.29 is 4.79 Å². The Morgan fingerprint density at radius 3 is 2.77 bits per heavy atom. The summed E-state index contributed by atoms with van der Waals surface area (Å²) >= 11 is 1.50. The molecule has 1 aromatic heterocycles. The third-order valence-corrected chi connectivity index (χ3v) is 3.38. The monoisotopic (exact) mass is 196 g/mol. The lowest BCUT2D eigenvalue weighted by Gasteiger charge is -2.11. The van der Waals surface area contributed by atoms with Crippen LogP contribution in [-0.2, 0) is 0 Å². The molecule has 1 aliphatic rings. The number of hydrogen-bond donors (Lipinski definition) is 0. The molecular formula is C9H12N2OS. The van der Waals surface area contributed by atoms with Crippen LogP contribution in [0.2, 0.25) is 0 Å². The lowest BCUT2D eigenvalue weighted by Crippen LogP contribution is -2.16. The molecule has 0 N–H and O–H groups in total. The number of rotatable bonds is 2. The lowest BCUT2D eigenvalue weighted by atomic mass is 10.4. The fourth-order valence-electron chi connectivity index (χ4n) is 1.48. The standard InChI is InChI=1S/C9H12N2OS/c1-7(12)8-6-10-9(13-8)11-4-2-3-5-11/h6H,2-5H2,1H3. The summed E-state index contributed by atoms with van der Waals surface area (Å²) < 4.78 is 0. The molecule has 0 bridgehead atoms. The maximum absolute atomic E-state index is 11.0. The summed E-state index contributed by atoms with van der Waals surface area (Å²) in [6.45, 7) is 3.76. The number of hydrogen-bond acceptors (Lipinski definition) is 4. The highest BCUT2D eigenvalue weighted by Crippen LogP contribution is 2.25. The van der Waals surface area contributed by atoms with Gasteiger partial charge in [-0.2, -0.15) is 0 Å². The van der Waals surface area contributed by atoms with Crippen molar-refractivity contribution in [3.63, 3.8) is 0 Å². The highest BCUT2D eigenvalue weighted by atomic mass is 32.1. The van der Waals surface area contributed by atoms with Gasteiger partial charge in [0.2, 0.25) is 0 Å². The molecule has 0 unspecified atom stereocenters. The molecule has 3 nitrogen and oxygen atoms in total. The Morgan fingerprint density at radius 2 is 2.23 bits per heavy atom. The van der Waals surface area contributed by atoms with Crippen molar-refractivity contribution in [3.8, 4) is 0 Å². The van der Waals surface area contributed by atoms with E-state index in [-0.39, 0.29) is 5.78 Å². The highest BCUT2D eigenvalue weighted by molar-refractivity contribution is 7.17. The quantitative estimate of drug-likeness (QED) is 0.678. The predicted octanol–water partition coefficient (Wildman–Crippen LogP) is 1.95. The van der Waals surface area contributed by atoms with E-state index in [9.17, 15) is 4.79 Å². The van der Waals surface area contributed by atoms with Gasteiger partial charge in [0.25, 0.3) is 0 Å². The SMILES string of the molecule is CC(=O)c1cnc(N2CCCC2)s1. The summed E-state index contributed by atoms with van der Waals surface area (Å²) in [5, 5.41) is 1.00. The van der Waals surface area contributed by atoms with Crippen molar-refractivity contribution >= 4 is 22.3 Å². The molecule has 1 fully saturated rings. The molecule has 13 heavy (non-hydrogen) atoms. The zero-order chi connectivity index (χ0) is 9.26. The van der Waals surface area contributed by atoms with Crippen molar-refractivity contribution in [2.75, 3.05) is 18.0 Å². The van der Waals surface area contributed by atoms with Gasteiger partial charge >= 0.3 is 0 Å². The molecule has 0 aliphatic carbocycles. The van der Waals surface area contributed by atoms with Crippen molar-refractivity contribution in [2.45, 2.75) is 19.8 Å². The van der Waals surface area contributed by atoms with Gasteiger partial charge in [-0.05, 0) is 12.8 Å². The molecule has 1 saturated heterocycles. The first-order chi connectivity index (χ1) is 6.27. The molecule has 2 rings (SSSR count). The maximum atomic E-state index is 11.0. The summed E-state index contributed by atoms with van der Waals surface area (Å²) in [6.07, 6.45) is 4.17. The largest absolute Gasteiger partial charge is 0.348 e. The Morgan fingerprint density at radius 1 is 1.54 bits per heavy atom. The zero-order valence-electron chi connectivity index (χ0n) is 7.62. The Hall–Kier alpha value is -0.900. The van der Waals surface area contributed by atoms with E-state index in [1.54, 1.807) is 13.1 Å². The molecule has 0 atom stereocenters. The van der Waals surface area contributed by atoms with E-state index < -0.39 is 0 Å². The Labute approximate surface area is 81.4 Å². The van der Waals surface area contributed by atoms with Gasteiger partial charge in [-0.25, -0.2) is 4.98 Å². The van der Waals surface area contributed by atoms with Crippen LogP contribution >= 0.6 is 11.3 Å². The Bertz CT molecular complexity index is 315. The van der Waals surface area contributed by atoms with E-state index in [2.05, 4.69) is 9.88 Å². The van der Waals surface area contributed by atoms with Gasteiger partial charge in [0, 0.05) is 20.0 Å². The molecule has 1 aliphatic heterocycles. The second-order valence-electron chi connectivity index (χ2n) is 3.26. The van der Waals surface area contributed by atoms with Crippen LogP contribution in [0.15, 0.2) is 6.20 Å². The normalized spacial score (nSPS) is 16.5. The smallest absolute Gasteiger partial charge is 0.185 e. The molecule has 0 spiro atoms. The van der Waals surface area contributed by atoms with Crippen molar-refractivity contribution in [2.24, 2.45) is 0 Å². The summed E-state index contributed by atoms with van der Waals surface area (Å²) in [6, 6.07) is 0. The molecule has 70 valence electrons. The van der Waals surface area contributed by atoms with Gasteiger partial charge in [0.1, 0.15) is 0 Å². The molecule has 0 saturated carbocycles. The van der Waals surface area contributed by atoms with Crippen molar-refractivity contribution in [1.82, 2.24) is 4.98 Å². The summed E-state index contributed by atoms with van der Waals surface area (Å²) in [5.74, 6) is 0.114. The average molecular weight is 196 g/mol. The zero-order valence-corrected chi connectivity index (χ0v) is 8.43. The maximum Gasteiger partial charge on any atom is 0.185 e. The number of carbonyl (C=O) groups is 1. The first kappa shape index (κ1) is 8.69. The number of aromatic nitrogens is 1. The van der Waals surface area contributed by atoms with Gasteiger partial charge < -0.3 is 4.90 Å². The number of thiazole rings is 1. The van der Waals surface area contributed by atoms with E-state index >= 15 is 0 Å².